The molecule has 0 unspecified atom stereocenters. The van der Waals surface area contributed by atoms with Crippen LogP contribution in [0.3, 0.4) is 0 Å². The van der Waals surface area contributed by atoms with Gasteiger partial charge in [0.25, 0.3) is 0 Å². The van der Waals surface area contributed by atoms with E-state index in [1.807, 2.05) is 6.92 Å². The molecule has 0 fully saturated rings. The second-order valence-electron chi connectivity index (χ2n) is 2.89. The number of carbonyl (C=O) groups is 2. The van der Waals surface area contributed by atoms with Crippen molar-refractivity contribution in [2.24, 2.45) is 0 Å². The minimum absolute atomic E-state index is 0.0139. The Morgan fingerprint density at radius 1 is 1.29 bits per heavy atom. The second kappa shape index (κ2) is 4.37. The Bertz CT molecular complexity index is 374. The van der Waals surface area contributed by atoms with Crippen LogP contribution in [0.2, 0.25) is 0 Å². The highest BCUT2D eigenvalue weighted by Crippen LogP contribution is 2.14. The number of carboxylic acids is 1. The lowest BCUT2D eigenvalue weighted by molar-refractivity contribution is -0.130. The average molecular weight is 190 g/mol. The van der Waals surface area contributed by atoms with Gasteiger partial charge in [0.05, 0.1) is 5.57 Å². The van der Waals surface area contributed by atoms with Gasteiger partial charge in [0.15, 0.2) is 0 Å². The van der Waals surface area contributed by atoms with Crippen molar-refractivity contribution in [2.75, 3.05) is 0 Å². The van der Waals surface area contributed by atoms with Gasteiger partial charge in [0.1, 0.15) is 6.29 Å². The topological polar surface area (TPSA) is 54.4 Å². The number of hydrogen-bond donors (Lipinski definition) is 1. The molecule has 0 saturated carbocycles. The van der Waals surface area contributed by atoms with E-state index in [0.29, 0.717) is 11.8 Å². The number of allylic oxidation sites excluding steroid dienone is 1. The molecule has 0 aliphatic heterocycles. The lowest BCUT2D eigenvalue weighted by Gasteiger charge is -2.01. The average Bonchev–Trinajstić information content (AvgIpc) is 2.15. The van der Waals surface area contributed by atoms with Crippen molar-refractivity contribution in [3.63, 3.8) is 0 Å². The molecule has 0 spiro atoms. The number of benzene rings is 1. The van der Waals surface area contributed by atoms with Crippen molar-refractivity contribution < 1.29 is 14.7 Å². The van der Waals surface area contributed by atoms with Crippen molar-refractivity contribution >= 4 is 17.8 Å². The van der Waals surface area contributed by atoms with Crippen LogP contribution in [0, 0.1) is 6.92 Å². The van der Waals surface area contributed by atoms with Gasteiger partial charge in [0, 0.05) is 0 Å². The predicted molar refractivity (Wildman–Crippen MR) is 52.9 cm³/mol. The quantitative estimate of drug-likeness (QED) is 0.582. The summed E-state index contributed by atoms with van der Waals surface area (Å²) < 4.78 is 0. The summed E-state index contributed by atoms with van der Waals surface area (Å²) in [5.41, 5.74) is 1.60. The number of hydrogen-bond acceptors (Lipinski definition) is 2. The molecule has 0 aliphatic rings. The smallest absolute Gasteiger partial charge is 0.336 e. The lowest BCUT2D eigenvalue weighted by Crippen LogP contribution is -1.99. The third-order valence-electron chi connectivity index (χ3n) is 1.83. The van der Waals surface area contributed by atoms with E-state index in [9.17, 15) is 9.59 Å². The van der Waals surface area contributed by atoms with Crippen molar-refractivity contribution in [3.05, 3.63) is 41.5 Å². The number of carbonyl (C=O) groups excluding carboxylic acids is 1. The van der Waals surface area contributed by atoms with Crippen LogP contribution < -0.4 is 0 Å². The first-order valence-electron chi connectivity index (χ1n) is 4.11. The Morgan fingerprint density at radius 3 is 2.29 bits per heavy atom. The van der Waals surface area contributed by atoms with Crippen molar-refractivity contribution in [1.29, 1.82) is 0 Å². The van der Waals surface area contributed by atoms with Crippen molar-refractivity contribution in [1.82, 2.24) is 0 Å². The number of carboxylic acid groups (broad SMARTS) is 1. The molecule has 14 heavy (non-hydrogen) atoms. The Hall–Kier alpha value is -1.90. The van der Waals surface area contributed by atoms with E-state index in [1.165, 1.54) is 0 Å². The van der Waals surface area contributed by atoms with Crippen LogP contribution in [-0.4, -0.2) is 17.4 Å². The summed E-state index contributed by atoms with van der Waals surface area (Å²) in [5.74, 6) is -1.10. The van der Waals surface area contributed by atoms with Crippen LogP contribution in [0.5, 0.6) is 0 Å². The van der Waals surface area contributed by atoms with E-state index < -0.39 is 5.97 Å². The number of aldehydes is 1. The first kappa shape index (κ1) is 10.2. The highest BCUT2D eigenvalue weighted by Gasteiger charge is 2.08. The van der Waals surface area contributed by atoms with Gasteiger partial charge in [-0.25, -0.2) is 4.79 Å². The van der Waals surface area contributed by atoms with Crippen molar-refractivity contribution in [2.45, 2.75) is 6.92 Å². The maximum Gasteiger partial charge on any atom is 0.336 e. The van der Waals surface area contributed by atoms with Gasteiger partial charge < -0.3 is 5.11 Å². The normalized spacial score (nSPS) is 11.1. The standard InChI is InChI=1S/C11H10O3/c1-8-2-4-9(5-3-8)10(6-7-12)11(13)14/h2-7H,1H3,(H,13,14). The molecular weight excluding hydrogens is 180 g/mol. The Morgan fingerprint density at radius 2 is 1.86 bits per heavy atom. The Labute approximate surface area is 81.7 Å². The molecule has 0 heterocycles. The molecule has 0 bridgehead atoms. The van der Waals surface area contributed by atoms with Crippen LogP contribution in [0.4, 0.5) is 0 Å². The molecule has 0 radical (unpaired) electrons. The van der Waals surface area contributed by atoms with Gasteiger partial charge in [-0.1, -0.05) is 29.8 Å². The maximum atomic E-state index is 10.7. The van der Waals surface area contributed by atoms with Gasteiger partial charge in [-0.15, -0.1) is 0 Å². The minimum atomic E-state index is -1.10. The lowest BCUT2D eigenvalue weighted by atomic mass is 10.0. The van der Waals surface area contributed by atoms with Crippen LogP contribution in [0.25, 0.3) is 5.57 Å². The van der Waals surface area contributed by atoms with Gasteiger partial charge in [-0.05, 0) is 18.6 Å². The summed E-state index contributed by atoms with van der Waals surface area (Å²) in [6, 6.07) is 6.96. The Kier molecular flexibility index (Phi) is 3.18. The SMILES string of the molecule is Cc1ccc(C(=CC=O)C(=O)O)cc1. The fourth-order valence-electron chi connectivity index (χ4n) is 1.09. The molecule has 1 aromatic rings. The highest BCUT2D eigenvalue weighted by atomic mass is 16.4. The first-order chi connectivity index (χ1) is 6.65. The minimum Gasteiger partial charge on any atom is -0.478 e. The molecule has 3 heteroatoms. The maximum absolute atomic E-state index is 10.7. The van der Waals surface area contributed by atoms with E-state index in [1.54, 1.807) is 24.3 Å². The van der Waals surface area contributed by atoms with Crippen molar-refractivity contribution in [3.8, 4) is 0 Å². The van der Waals surface area contributed by atoms with Gasteiger partial charge >= 0.3 is 5.97 Å². The van der Waals surface area contributed by atoms with E-state index in [4.69, 9.17) is 5.11 Å². The summed E-state index contributed by atoms with van der Waals surface area (Å²) >= 11 is 0. The zero-order valence-corrected chi connectivity index (χ0v) is 7.73. The number of aliphatic carboxylic acids is 1. The molecule has 0 aromatic heterocycles. The fourth-order valence-corrected chi connectivity index (χ4v) is 1.09. The second-order valence-corrected chi connectivity index (χ2v) is 2.89. The molecular formula is C11H10O3. The van der Waals surface area contributed by atoms with Gasteiger partial charge in [-0.3, -0.25) is 4.79 Å². The molecule has 1 rings (SSSR count). The third kappa shape index (κ3) is 2.29. The van der Waals surface area contributed by atoms with Crippen LogP contribution >= 0.6 is 0 Å². The molecule has 0 saturated heterocycles. The number of rotatable bonds is 3. The fraction of sp³-hybridized carbons (Fsp3) is 0.0909. The van der Waals surface area contributed by atoms with E-state index in [2.05, 4.69) is 0 Å². The predicted octanol–water partition coefficient (Wildman–Crippen LogP) is 1.66. The monoisotopic (exact) mass is 190 g/mol. The highest BCUT2D eigenvalue weighted by molar-refractivity contribution is 6.18. The molecule has 1 N–H and O–H groups in total. The largest absolute Gasteiger partial charge is 0.478 e. The van der Waals surface area contributed by atoms with Crippen LogP contribution in [-0.2, 0) is 9.59 Å². The first-order valence-corrected chi connectivity index (χ1v) is 4.11. The summed E-state index contributed by atoms with van der Waals surface area (Å²) in [4.78, 5) is 21.0. The van der Waals surface area contributed by atoms with Gasteiger partial charge in [0.2, 0.25) is 0 Å². The molecule has 72 valence electrons. The third-order valence-corrected chi connectivity index (χ3v) is 1.83. The van der Waals surface area contributed by atoms with Crippen LogP contribution in [0.15, 0.2) is 30.3 Å². The molecule has 0 amide bonds. The molecule has 0 atom stereocenters. The van der Waals surface area contributed by atoms with E-state index in [-0.39, 0.29) is 5.57 Å². The van der Waals surface area contributed by atoms with Crippen LogP contribution in [0.1, 0.15) is 11.1 Å². The molecule has 3 nitrogen and oxygen atoms in total. The summed E-state index contributed by atoms with van der Waals surface area (Å²) in [7, 11) is 0. The van der Waals surface area contributed by atoms with E-state index >= 15 is 0 Å². The zero-order valence-electron chi connectivity index (χ0n) is 7.73. The number of aryl methyl sites for hydroxylation is 1. The Balaban J connectivity index is 3.12. The van der Waals surface area contributed by atoms with Gasteiger partial charge in [-0.2, -0.15) is 0 Å². The zero-order chi connectivity index (χ0) is 10.6. The molecule has 0 aliphatic carbocycles. The van der Waals surface area contributed by atoms with E-state index in [0.717, 1.165) is 11.6 Å². The summed E-state index contributed by atoms with van der Waals surface area (Å²) in [5, 5.41) is 8.80. The summed E-state index contributed by atoms with van der Waals surface area (Å²) in [6.07, 6.45) is 1.52. The summed E-state index contributed by atoms with van der Waals surface area (Å²) in [6.45, 7) is 1.91. The molecule has 1 aromatic carbocycles.